The number of benzene rings is 13. The first-order valence-corrected chi connectivity index (χ1v) is 39.2. The van der Waals surface area contributed by atoms with E-state index in [2.05, 4.69) is 381 Å². The molecule has 7 nitrogen and oxygen atoms in total. The molecule has 17 aromatic rings. The van der Waals surface area contributed by atoms with E-state index in [0.717, 1.165) is 162 Å². The van der Waals surface area contributed by atoms with Crippen LogP contribution in [0, 0.1) is 11.3 Å². The summed E-state index contributed by atoms with van der Waals surface area (Å²) in [6, 6.07) is 101. The van der Waals surface area contributed by atoms with Gasteiger partial charge in [0.2, 0.25) is 0 Å². The normalized spacial score (nSPS) is 14.6. The monoisotopic (exact) mass is 1440 g/mol. The molecule has 0 saturated carbocycles. The molecule has 20 rings (SSSR count). The Balaban J connectivity index is 0.951. The molecule has 0 fully saturated rings. The SMILES string of the molecule is CC(C)(C)c1ccc(N2c3cc(-n4c5c(c6ccccc64)/C=C(/C#N)C/C=C\C5)ccc3B3c4ccc(-n5c6ccc(C(C)(C)C)cc6c6cc(C(C)(C)C)ccc65)cc4N(c4ccc(C(C)(C)C)cc4-c4ccccc4)c4cc(-c5cccc6c5oc5ccc7oc8ccccc8c7c56)cc2c43)c(-c2ccccc2)c1. The van der Waals surface area contributed by atoms with E-state index in [1.807, 2.05) is 6.07 Å². The Morgan fingerprint density at radius 1 is 0.351 bits per heavy atom. The Bertz CT molecular complexity index is 6830. The molecular formula is C103H86BN5O2. The van der Waals surface area contributed by atoms with Gasteiger partial charge in [-0.3, -0.25) is 0 Å². The second kappa shape index (κ2) is 24.7. The summed E-state index contributed by atoms with van der Waals surface area (Å²) in [4.78, 5) is 5.28. The molecule has 0 unspecified atom stereocenters. The highest BCUT2D eigenvalue weighted by Crippen LogP contribution is 2.54. The van der Waals surface area contributed by atoms with Gasteiger partial charge in [-0.25, -0.2) is 0 Å². The highest BCUT2D eigenvalue weighted by molar-refractivity contribution is 7.00. The van der Waals surface area contributed by atoms with E-state index in [1.165, 1.54) is 49.4 Å². The first-order chi connectivity index (χ1) is 53.5. The fourth-order valence-corrected chi connectivity index (χ4v) is 18.3. The Labute approximate surface area is 649 Å². The van der Waals surface area contributed by atoms with Crippen LogP contribution in [0.25, 0.3) is 127 Å². The zero-order chi connectivity index (χ0) is 75.9. The van der Waals surface area contributed by atoms with Gasteiger partial charge in [0.1, 0.15) is 22.3 Å². The maximum Gasteiger partial charge on any atom is 0.252 e. The average Bonchev–Trinajstić information content (AvgIpc) is 1.28. The lowest BCUT2D eigenvalue weighted by Gasteiger charge is -2.45. The summed E-state index contributed by atoms with van der Waals surface area (Å²) < 4.78 is 19.1. The molecule has 0 atom stereocenters. The zero-order valence-electron chi connectivity index (χ0n) is 65.1. The van der Waals surface area contributed by atoms with Crippen LogP contribution in [-0.2, 0) is 28.1 Å². The quantitative estimate of drug-likeness (QED) is 0.117. The lowest BCUT2D eigenvalue weighted by Crippen LogP contribution is -2.61. The number of nitriles is 1. The number of hydrogen-bond acceptors (Lipinski definition) is 5. The topological polar surface area (TPSA) is 66.4 Å². The van der Waals surface area contributed by atoms with Crippen molar-refractivity contribution in [2.75, 3.05) is 9.80 Å². The fourth-order valence-electron chi connectivity index (χ4n) is 18.3. The number of para-hydroxylation sites is 3. The van der Waals surface area contributed by atoms with Crippen molar-refractivity contribution in [2.24, 2.45) is 0 Å². The van der Waals surface area contributed by atoms with Crippen LogP contribution < -0.4 is 26.2 Å². The minimum atomic E-state index is -0.301. The van der Waals surface area contributed by atoms with Crippen LogP contribution in [0.5, 0.6) is 0 Å². The van der Waals surface area contributed by atoms with Gasteiger partial charge in [-0.05, 0) is 192 Å². The minimum absolute atomic E-state index is 0.0753. The molecule has 13 aromatic carbocycles. The molecule has 1 aliphatic carbocycles. The average molecular weight is 1440 g/mol. The number of hydrogen-bond donors (Lipinski definition) is 0. The van der Waals surface area contributed by atoms with Gasteiger partial charge < -0.3 is 27.8 Å². The largest absolute Gasteiger partial charge is 0.456 e. The van der Waals surface area contributed by atoms with Crippen molar-refractivity contribution >= 4 is 140 Å². The summed E-state index contributed by atoms with van der Waals surface area (Å²) in [6.07, 6.45) is 7.82. The lowest BCUT2D eigenvalue weighted by molar-refractivity contribution is 0.590. The molecule has 538 valence electrons. The number of aromatic nitrogens is 2. The van der Waals surface area contributed by atoms with Crippen molar-refractivity contribution in [1.29, 1.82) is 5.26 Å². The van der Waals surface area contributed by atoms with Gasteiger partial charge in [0.25, 0.3) is 6.71 Å². The van der Waals surface area contributed by atoms with Crippen molar-refractivity contribution in [2.45, 2.75) is 118 Å². The molecule has 0 spiro atoms. The number of rotatable bonds is 7. The zero-order valence-corrected chi connectivity index (χ0v) is 65.1. The van der Waals surface area contributed by atoms with Gasteiger partial charge in [-0.1, -0.05) is 247 Å². The van der Waals surface area contributed by atoms with Gasteiger partial charge in [0.15, 0.2) is 0 Å². The van der Waals surface area contributed by atoms with Gasteiger partial charge in [0, 0.05) is 118 Å². The van der Waals surface area contributed by atoms with Crippen LogP contribution in [0.2, 0.25) is 0 Å². The Morgan fingerprint density at radius 2 is 0.829 bits per heavy atom. The molecule has 4 aromatic heterocycles. The Kier molecular flexibility index (Phi) is 15.1. The van der Waals surface area contributed by atoms with Crippen molar-refractivity contribution in [3.8, 4) is 50.8 Å². The third-order valence-electron chi connectivity index (χ3n) is 24.0. The summed E-state index contributed by atoms with van der Waals surface area (Å²) >= 11 is 0. The molecule has 3 aliphatic rings. The van der Waals surface area contributed by atoms with E-state index in [-0.39, 0.29) is 28.4 Å². The number of allylic oxidation sites excluding steroid dienone is 3. The smallest absolute Gasteiger partial charge is 0.252 e. The van der Waals surface area contributed by atoms with Crippen molar-refractivity contribution in [1.82, 2.24) is 9.13 Å². The molecular weight excluding hydrogens is 1350 g/mol. The Morgan fingerprint density at radius 3 is 1.40 bits per heavy atom. The third-order valence-corrected chi connectivity index (χ3v) is 24.0. The third kappa shape index (κ3) is 10.7. The summed E-state index contributed by atoms with van der Waals surface area (Å²) in [6.45, 7) is 27.6. The van der Waals surface area contributed by atoms with E-state index >= 15 is 0 Å². The minimum Gasteiger partial charge on any atom is -0.456 e. The first kappa shape index (κ1) is 67.8. The van der Waals surface area contributed by atoms with Crippen LogP contribution in [-0.4, -0.2) is 15.8 Å². The van der Waals surface area contributed by atoms with E-state index < -0.39 is 0 Å². The number of nitrogens with zero attached hydrogens (tertiary/aromatic N) is 5. The standard InChI is InChI=1S/C103H86BN5O2/c1-100(2,3)66-38-46-85(76(55-66)63-27-15-13-16-28-63)108-89-59-70(106-83-35-23-20-31-73(83)78-52-62(61-105)26-19-22-36-84(78)106)42-44-81(89)104-82-45-43-71(107-87-48-40-68(102(7,8)9)57-79(87)80-58-69(103(10,11)12)41-49-88(80)107)60-90(82)109(86-47-39-67(101(4,5)6)56-77(86)64-29-17-14-18-30-64)92-54-65(53-91(108)98(92)104)72-33-25-34-75-97-95(111-99(72)75)51-50-94-96(97)74-32-21-24-37-93(74)110-94/h13-25,27-35,37-60H,26,36H2,1-12H3/b22-19-,62-52+. The predicted molar refractivity (Wildman–Crippen MR) is 468 cm³/mol. The molecule has 2 aliphatic heterocycles. The Hall–Kier alpha value is -12.6. The second-order valence-corrected chi connectivity index (χ2v) is 35.1. The summed E-state index contributed by atoms with van der Waals surface area (Å²) in [5.74, 6) is 0. The van der Waals surface area contributed by atoms with Crippen LogP contribution in [0.15, 0.2) is 287 Å². The van der Waals surface area contributed by atoms with E-state index in [9.17, 15) is 5.26 Å². The van der Waals surface area contributed by atoms with Crippen LogP contribution in [0.1, 0.15) is 123 Å². The predicted octanol–water partition coefficient (Wildman–Crippen LogP) is 26.2. The number of furan rings is 2. The van der Waals surface area contributed by atoms with E-state index in [1.54, 1.807) is 0 Å². The molecule has 111 heavy (non-hydrogen) atoms. The van der Waals surface area contributed by atoms with Gasteiger partial charge in [-0.15, -0.1) is 0 Å². The van der Waals surface area contributed by atoms with Crippen molar-refractivity contribution < 1.29 is 8.83 Å². The van der Waals surface area contributed by atoms with Gasteiger partial charge >= 0.3 is 0 Å². The maximum absolute atomic E-state index is 10.7. The molecule has 8 heteroatoms. The number of fused-ring (bicyclic) bond motifs is 17. The van der Waals surface area contributed by atoms with Crippen molar-refractivity contribution in [3.63, 3.8) is 0 Å². The first-order valence-electron chi connectivity index (χ1n) is 39.2. The maximum atomic E-state index is 10.7. The molecule has 0 amide bonds. The van der Waals surface area contributed by atoms with Gasteiger partial charge in [0.05, 0.1) is 34.0 Å². The van der Waals surface area contributed by atoms with Crippen LogP contribution >= 0.6 is 0 Å². The van der Waals surface area contributed by atoms with Gasteiger partial charge in [-0.2, -0.15) is 5.26 Å². The number of anilines is 6. The lowest BCUT2D eigenvalue weighted by atomic mass is 9.33. The molecule has 0 bridgehead atoms. The highest BCUT2D eigenvalue weighted by atomic mass is 16.3. The van der Waals surface area contributed by atoms with E-state index in [4.69, 9.17) is 8.83 Å². The molecule has 0 saturated heterocycles. The highest BCUT2D eigenvalue weighted by Gasteiger charge is 2.46. The fraction of sp³-hybridized carbons (Fsp3) is 0.175. The van der Waals surface area contributed by atoms with Crippen LogP contribution in [0.4, 0.5) is 34.1 Å². The summed E-state index contributed by atoms with van der Waals surface area (Å²) in [5.41, 5.74) is 32.8. The van der Waals surface area contributed by atoms with E-state index in [0.29, 0.717) is 12.8 Å². The summed E-state index contributed by atoms with van der Waals surface area (Å²) in [7, 11) is 0. The van der Waals surface area contributed by atoms with Crippen LogP contribution in [0.3, 0.4) is 0 Å². The summed E-state index contributed by atoms with van der Waals surface area (Å²) in [5, 5.41) is 18.4. The molecule has 0 radical (unpaired) electrons. The molecule has 0 N–H and O–H groups in total. The van der Waals surface area contributed by atoms with Crippen molar-refractivity contribution in [3.05, 3.63) is 312 Å². The molecule has 6 heterocycles. The second-order valence-electron chi connectivity index (χ2n) is 35.1.